The minimum atomic E-state index is -3.84. The topological polar surface area (TPSA) is 46.6 Å². The van der Waals surface area contributed by atoms with E-state index in [1.54, 1.807) is 42.5 Å². The molecule has 31 heavy (non-hydrogen) atoms. The Labute approximate surface area is 187 Å². The zero-order valence-corrected chi connectivity index (χ0v) is 18.1. The number of halogens is 1. The maximum atomic E-state index is 13.5. The van der Waals surface area contributed by atoms with Crippen LogP contribution in [0.5, 0.6) is 11.5 Å². The smallest absolute Gasteiger partial charge is 0.264 e. The van der Waals surface area contributed by atoms with Gasteiger partial charge in [-0.1, -0.05) is 66.2 Å². The van der Waals surface area contributed by atoms with Crippen molar-refractivity contribution in [2.24, 2.45) is 0 Å². The van der Waals surface area contributed by atoms with Crippen LogP contribution < -0.4 is 9.04 Å². The molecular formula is C25H20ClNO3S. The molecule has 0 aliphatic rings. The van der Waals surface area contributed by atoms with Crippen LogP contribution >= 0.6 is 11.6 Å². The highest BCUT2D eigenvalue weighted by molar-refractivity contribution is 7.92. The van der Waals surface area contributed by atoms with E-state index in [9.17, 15) is 8.42 Å². The molecular weight excluding hydrogens is 430 g/mol. The molecule has 0 aliphatic carbocycles. The molecule has 0 atom stereocenters. The lowest BCUT2D eigenvalue weighted by Crippen LogP contribution is -2.30. The largest absolute Gasteiger partial charge is 0.457 e. The van der Waals surface area contributed by atoms with Crippen LogP contribution in [0.3, 0.4) is 0 Å². The lowest BCUT2D eigenvalue weighted by molar-refractivity contribution is 0.482. The van der Waals surface area contributed by atoms with E-state index in [0.29, 0.717) is 22.2 Å². The first kappa shape index (κ1) is 21.0. The second-order valence-electron chi connectivity index (χ2n) is 6.86. The van der Waals surface area contributed by atoms with Crippen LogP contribution in [0.15, 0.2) is 114 Å². The minimum Gasteiger partial charge on any atom is -0.457 e. The van der Waals surface area contributed by atoms with Crippen molar-refractivity contribution >= 4 is 27.3 Å². The summed E-state index contributed by atoms with van der Waals surface area (Å²) in [6.45, 7) is 0.189. The number of para-hydroxylation sites is 1. The molecule has 0 bridgehead atoms. The zero-order valence-electron chi connectivity index (χ0n) is 16.6. The second-order valence-corrected chi connectivity index (χ2v) is 9.16. The Morgan fingerprint density at radius 3 is 1.97 bits per heavy atom. The highest BCUT2D eigenvalue weighted by Crippen LogP contribution is 2.30. The fourth-order valence-corrected chi connectivity index (χ4v) is 4.88. The first-order chi connectivity index (χ1) is 15.0. The number of hydrogen-bond acceptors (Lipinski definition) is 3. The van der Waals surface area contributed by atoms with Gasteiger partial charge in [0.25, 0.3) is 10.0 Å². The van der Waals surface area contributed by atoms with Gasteiger partial charge in [-0.2, -0.15) is 0 Å². The number of ether oxygens (including phenoxy) is 1. The molecule has 156 valence electrons. The molecule has 0 aromatic heterocycles. The summed E-state index contributed by atoms with van der Waals surface area (Å²) in [5.41, 5.74) is 1.40. The Hall–Kier alpha value is -3.28. The van der Waals surface area contributed by atoms with E-state index in [1.165, 1.54) is 10.4 Å². The molecule has 0 N–H and O–H groups in total. The first-order valence-corrected chi connectivity index (χ1v) is 11.5. The summed E-state index contributed by atoms with van der Waals surface area (Å²) in [6.07, 6.45) is 0. The van der Waals surface area contributed by atoms with Crippen molar-refractivity contribution in [2.75, 3.05) is 4.31 Å². The van der Waals surface area contributed by atoms with Gasteiger partial charge in [-0.3, -0.25) is 4.31 Å². The van der Waals surface area contributed by atoms with Crippen molar-refractivity contribution in [3.63, 3.8) is 0 Å². The van der Waals surface area contributed by atoms with Crippen molar-refractivity contribution in [1.82, 2.24) is 0 Å². The normalized spacial score (nSPS) is 11.1. The summed E-state index contributed by atoms with van der Waals surface area (Å²) in [6, 6.07) is 32.2. The lowest BCUT2D eigenvalue weighted by atomic mass is 10.2. The molecule has 0 saturated carbocycles. The van der Waals surface area contributed by atoms with Crippen molar-refractivity contribution in [1.29, 1.82) is 0 Å². The number of hydrogen-bond donors (Lipinski definition) is 0. The van der Waals surface area contributed by atoms with Gasteiger partial charge in [-0.15, -0.1) is 0 Å². The molecule has 4 nitrogen and oxygen atoms in total. The summed E-state index contributed by atoms with van der Waals surface area (Å²) >= 11 is 6.06. The molecule has 0 amide bonds. The van der Waals surface area contributed by atoms with Gasteiger partial charge in [0, 0.05) is 5.02 Å². The molecule has 0 spiro atoms. The Bertz CT molecular complexity index is 1240. The van der Waals surface area contributed by atoms with Gasteiger partial charge >= 0.3 is 0 Å². The van der Waals surface area contributed by atoms with E-state index in [2.05, 4.69) is 0 Å². The van der Waals surface area contributed by atoms with Gasteiger partial charge < -0.3 is 4.74 Å². The van der Waals surface area contributed by atoms with Gasteiger partial charge in [0.1, 0.15) is 11.5 Å². The monoisotopic (exact) mass is 449 g/mol. The van der Waals surface area contributed by atoms with Gasteiger partial charge in [0.15, 0.2) is 0 Å². The molecule has 0 saturated heterocycles. The third-order valence-electron chi connectivity index (χ3n) is 4.66. The Morgan fingerprint density at radius 1 is 0.710 bits per heavy atom. The first-order valence-electron chi connectivity index (χ1n) is 9.67. The van der Waals surface area contributed by atoms with Gasteiger partial charge in [-0.05, 0) is 60.2 Å². The van der Waals surface area contributed by atoms with Crippen LogP contribution in [-0.2, 0) is 16.6 Å². The quantitative estimate of drug-likeness (QED) is 0.322. The fourth-order valence-electron chi connectivity index (χ4n) is 3.12. The van der Waals surface area contributed by atoms with Crippen LogP contribution in [0.2, 0.25) is 5.02 Å². The van der Waals surface area contributed by atoms with Crippen LogP contribution in [0.4, 0.5) is 5.69 Å². The molecule has 4 rings (SSSR count). The van der Waals surface area contributed by atoms with Gasteiger partial charge in [-0.25, -0.2) is 8.42 Å². The predicted molar refractivity (Wildman–Crippen MR) is 124 cm³/mol. The van der Waals surface area contributed by atoms with E-state index < -0.39 is 10.0 Å². The maximum absolute atomic E-state index is 13.5. The highest BCUT2D eigenvalue weighted by Gasteiger charge is 2.25. The summed E-state index contributed by atoms with van der Waals surface area (Å²) < 4.78 is 34.2. The van der Waals surface area contributed by atoms with Crippen molar-refractivity contribution in [3.05, 3.63) is 120 Å². The number of anilines is 1. The van der Waals surface area contributed by atoms with Crippen LogP contribution in [0.25, 0.3) is 0 Å². The number of rotatable bonds is 7. The number of sulfonamides is 1. The van der Waals surface area contributed by atoms with Crippen molar-refractivity contribution < 1.29 is 13.2 Å². The summed E-state index contributed by atoms with van der Waals surface area (Å²) in [4.78, 5) is 0.139. The third kappa shape index (κ3) is 5.08. The van der Waals surface area contributed by atoms with E-state index in [-0.39, 0.29) is 11.4 Å². The van der Waals surface area contributed by atoms with Gasteiger partial charge in [0.2, 0.25) is 0 Å². The third-order valence-corrected chi connectivity index (χ3v) is 6.66. The Morgan fingerprint density at radius 2 is 1.32 bits per heavy atom. The molecule has 4 aromatic rings. The average Bonchev–Trinajstić information content (AvgIpc) is 2.79. The van der Waals surface area contributed by atoms with E-state index in [1.807, 2.05) is 60.7 Å². The maximum Gasteiger partial charge on any atom is 0.264 e. The summed E-state index contributed by atoms with van der Waals surface area (Å²) in [5.74, 6) is 1.33. The lowest BCUT2D eigenvalue weighted by Gasteiger charge is -2.25. The van der Waals surface area contributed by atoms with Crippen molar-refractivity contribution in [3.8, 4) is 11.5 Å². The summed E-state index contributed by atoms with van der Waals surface area (Å²) in [5, 5.41) is 0.368. The predicted octanol–water partition coefficient (Wildman–Crippen LogP) is 6.53. The molecule has 4 aromatic carbocycles. The van der Waals surface area contributed by atoms with Crippen LogP contribution in [0.1, 0.15) is 5.56 Å². The molecule has 0 unspecified atom stereocenters. The van der Waals surface area contributed by atoms with E-state index in [0.717, 1.165) is 5.56 Å². The standard InChI is InChI=1S/C25H20ClNO3S/c26-21-10-7-13-25(18-21)31(28,29)27(19-20-8-3-1-4-9-20)22-14-16-24(17-15-22)30-23-11-5-2-6-12-23/h1-18H,19H2. The van der Waals surface area contributed by atoms with Crippen LogP contribution in [-0.4, -0.2) is 8.42 Å². The Balaban J connectivity index is 1.69. The average molecular weight is 450 g/mol. The second kappa shape index (κ2) is 9.25. The molecule has 6 heteroatoms. The fraction of sp³-hybridized carbons (Fsp3) is 0.0400. The minimum absolute atomic E-state index is 0.139. The molecule has 0 aliphatic heterocycles. The van der Waals surface area contributed by atoms with Crippen LogP contribution in [0, 0.1) is 0 Å². The number of nitrogens with zero attached hydrogens (tertiary/aromatic N) is 1. The Kier molecular flexibility index (Phi) is 6.26. The molecule has 0 fully saturated rings. The van der Waals surface area contributed by atoms with E-state index in [4.69, 9.17) is 16.3 Å². The van der Waals surface area contributed by atoms with Gasteiger partial charge in [0.05, 0.1) is 17.1 Å². The summed E-state index contributed by atoms with van der Waals surface area (Å²) in [7, 11) is -3.84. The zero-order chi connectivity index (χ0) is 21.7. The van der Waals surface area contributed by atoms with Crippen molar-refractivity contribution in [2.45, 2.75) is 11.4 Å². The number of benzene rings is 4. The molecule has 0 heterocycles. The SMILES string of the molecule is O=S(=O)(c1cccc(Cl)c1)N(Cc1ccccc1)c1ccc(Oc2ccccc2)cc1. The molecule has 0 radical (unpaired) electrons. The van der Waals surface area contributed by atoms with E-state index >= 15 is 0 Å². The highest BCUT2D eigenvalue weighted by atomic mass is 35.5.